The minimum Gasteiger partial charge on any atom is -0.462 e. The number of amides is 2. The molecule has 2 rings (SSSR count). The van der Waals surface area contributed by atoms with Gasteiger partial charge in [-0.05, 0) is 31.0 Å². The molecule has 1 heterocycles. The summed E-state index contributed by atoms with van der Waals surface area (Å²) in [5.41, 5.74) is 1.36. The van der Waals surface area contributed by atoms with Crippen molar-refractivity contribution >= 4 is 17.8 Å². The zero-order chi connectivity index (χ0) is 15.2. The van der Waals surface area contributed by atoms with Gasteiger partial charge in [-0.25, -0.2) is 4.79 Å². The Morgan fingerprint density at radius 2 is 2.05 bits per heavy atom. The molecule has 0 saturated carbocycles. The van der Waals surface area contributed by atoms with Crippen molar-refractivity contribution in [2.45, 2.75) is 32.4 Å². The number of ether oxygens (including phenoxy) is 1. The SMILES string of the molecule is CCOC(=O)c1ccc(CNC(=O)[C@H]2CCC(=O)N2)cc1. The monoisotopic (exact) mass is 290 g/mol. The number of rotatable bonds is 5. The predicted molar refractivity (Wildman–Crippen MR) is 75.4 cm³/mol. The summed E-state index contributed by atoms with van der Waals surface area (Å²) in [7, 11) is 0. The highest BCUT2D eigenvalue weighted by atomic mass is 16.5. The summed E-state index contributed by atoms with van der Waals surface area (Å²) in [6.45, 7) is 2.45. The van der Waals surface area contributed by atoms with Gasteiger partial charge in [0.05, 0.1) is 12.2 Å². The minimum absolute atomic E-state index is 0.0889. The average Bonchev–Trinajstić information content (AvgIpc) is 2.92. The highest BCUT2D eigenvalue weighted by molar-refractivity contribution is 5.91. The van der Waals surface area contributed by atoms with Crippen LogP contribution in [0.5, 0.6) is 0 Å². The summed E-state index contributed by atoms with van der Waals surface area (Å²) in [5, 5.41) is 5.38. The Labute approximate surface area is 122 Å². The molecule has 1 saturated heterocycles. The second-order valence-corrected chi connectivity index (χ2v) is 4.79. The first-order chi connectivity index (χ1) is 10.1. The van der Waals surface area contributed by atoms with Gasteiger partial charge in [-0.2, -0.15) is 0 Å². The fourth-order valence-corrected chi connectivity index (χ4v) is 2.10. The normalized spacial score (nSPS) is 17.2. The smallest absolute Gasteiger partial charge is 0.338 e. The fourth-order valence-electron chi connectivity index (χ4n) is 2.10. The Kier molecular flexibility index (Phi) is 4.92. The molecule has 1 fully saturated rings. The lowest BCUT2D eigenvalue weighted by Crippen LogP contribution is -2.41. The fraction of sp³-hybridized carbons (Fsp3) is 0.400. The molecule has 6 heteroatoms. The minimum atomic E-state index is -0.434. The summed E-state index contributed by atoms with van der Waals surface area (Å²) >= 11 is 0. The van der Waals surface area contributed by atoms with Crippen LogP contribution in [0.1, 0.15) is 35.7 Å². The molecule has 0 spiro atoms. The van der Waals surface area contributed by atoms with Gasteiger partial charge in [-0.1, -0.05) is 12.1 Å². The molecule has 1 aliphatic heterocycles. The number of hydrogen-bond donors (Lipinski definition) is 2. The van der Waals surface area contributed by atoms with Gasteiger partial charge in [-0.3, -0.25) is 9.59 Å². The second-order valence-electron chi connectivity index (χ2n) is 4.79. The maximum absolute atomic E-state index is 11.8. The molecule has 21 heavy (non-hydrogen) atoms. The molecule has 2 N–H and O–H groups in total. The van der Waals surface area contributed by atoms with Crippen molar-refractivity contribution in [2.24, 2.45) is 0 Å². The molecular weight excluding hydrogens is 272 g/mol. The number of nitrogens with one attached hydrogen (secondary N) is 2. The van der Waals surface area contributed by atoms with Crippen LogP contribution in [0.15, 0.2) is 24.3 Å². The quantitative estimate of drug-likeness (QED) is 0.784. The van der Waals surface area contributed by atoms with Crippen molar-refractivity contribution < 1.29 is 19.1 Å². The van der Waals surface area contributed by atoms with Crippen molar-refractivity contribution in [3.63, 3.8) is 0 Å². The van der Waals surface area contributed by atoms with Gasteiger partial charge >= 0.3 is 5.97 Å². The third-order valence-electron chi connectivity index (χ3n) is 3.24. The van der Waals surface area contributed by atoms with Crippen LogP contribution in [0.3, 0.4) is 0 Å². The molecule has 0 bridgehead atoms. The van der Waals surface area contributed by atoms with Crippen molar-refractivity contribution in [1.82, 2.24) is 10.6 Å². The summed E-state index contributed by atoms with van der Waals surface area (Å²) in [4.78, 5) is 34.4. The molecule has 1 atom stereocenters. The zero-order valence-electron chi connectivity index (χ0n) is 11.8. The molecule has 0 unspecified atom stereocenters. The molecule has 1 aromatic carbocycles. The second kappa shape index (κ2) is 6.88. The first kappa shape index (κ1) is 15.0. The van der Waals surface area contributed by atoms with Gasteiger partial charge in [-0.15, -0.1) is 0 Å². The Morgan fingerprint density at radius 3 is 2.62 bits per heavy atom. The summed E-state index contributed by atoms with van der Waals surface area (Å²) in [5.74, 6) is -0.633. The molecule has 1 aliphatic rings. The van der Waals surface area contributed by atoms with E-state index in [1.165, 1.54) is 0 Å². The Bertz CT molecular complexity index is 539. The van der Waals surface area contributed by atoms with Crippen LogP contribution >= 0.6 is 0 Å². The van der Waals surface area contributed by atoms with E-state index in [1.807, 2.05) is 0 Å². The lowest BCUT2D eigenvalue weighted by molar-refractivity contribution is -0.125. The van der Waals surface area contributed by atoms with Crippen LogP contribution in [0.2, 0.25) is 0 Å². The van der Waals surface area contributed by atoms with E-state index in [9.17, 15) is 14.4 Å². The van der Waals surface area contributed by atoms with Crippen LogP contribution in [-0.2, 0) is 20.9 Å². The number of carbonyl (C=O) groups excluding carboxylic acids is 3. The van der Waals surface area contributed by atoms with Crippen LogP contribution < -0.4 is 10.6 Å². The van der Waals surface area contributed by atoms with E-state index in [0.717, 1.165) is 5.56 Å². The van der Waals surface area contributed by atoms with E-state index in [4.69, 9.17) is 4.74 Å². The molecule has 0 aliphatic carbocycles. The van der Waals surface area contributed by atoms with E-state index < -0.39 is 6.04 Å². The van der Waals surface area contributed by atoms with E-state index >= 15 is 0 Å². The third-order valence-corrected chi connectivity index (χ3v) is 3.24. The van der Waals surface area contributed by atoms with E-state index in [2.05, 4.69) is 10.6 Å². The molecule has 112 valence electrons. The Hall–Kier alpha value is -2.37. The van der Waals surface area contributed by atoms with Gasteiger partial charge in [0.25, 0.3) is 0 Å². The number of hydrogen-bond acceptors (Lipinski definition) is 4. The summed E-state index contributed by atoms with van der Waals surface area (Å²) < 4.78 is 4.89. The van der Waals surface area contributed by atoms with Gasteiger partial charge in [0.2, 0.25) is 11.8 Å². The van der Waals surface area contributed by atoms with Crippen LogP contribution in [0.4, 0.5) is 0 Å². The highest BCUT2D eigenvalue weighted by Crippen LogP contribution is 2.08. The van der Waals surface area contributed by atoms with Crippen LogP contribution in [0.25, 0.3) is 0 Å². The summed E-state index contributed by atoms with van der Waals surface area (Å²) in [6.07, 6.45) is 0.929. The molecule has 1 aromatic rings. The standard InChI is InChI=1S/C15H18N2O4/c1-2-21-15(20)11-5-3-10(4-6-11)9-16-14(19)12-7-8-13(18)17-12/h3-6,12H,2,7-9H2,1H3,(H,16,19)(H,17,18)/t12-/m1/s1. The zero-order valence-corrected chi connectivity index (χ0v) is 11.8. The van der Waals surface area contributed by atoms with Gasteiger partial charge in [0.15, 0.2) is 0 Å². The lowest BCUT2D eigenvalue weighted by Gasteiger charge is -2.11. The number of carbonyl (C=O) groups is 3. The van der Waals surface area contributed by atoms with Crippen molar-refractivity contribution in [3.8, 4) is 0 Å². The first-order valence-electron chi connectivity index (χ1n) is 6.93. The van der Waals surface area contributed by atoms with Crippen molar-refractivity contribution in [3.05, 3.63) is 35.4 Å². The summed E-state index contributed by atoms with van der Waals surface area (Å²) in [6, 6.07) is 6.42. The number of benzene rings is 1. The van der Waals surface area contributed by atoms with Gasteiger partial charge in [0, 0.05) is 13.0 Å². The first-order valence-corrected chi connectivity index (χ1v) is 6.93. The Morgan fingerprint density at radius 1 is 1.33 bits per heavy atom. The topological polar surface area (TPSA) is 84.5 Å². The predicted octanol–water partition coefficient (Wildman–Crippen LogP) is 0.758. The maximum atomic E-state index is 11.8. The molecule has 0 aromatic heterocycles. The third kappa shape index (κ3) is 4.05. The maximum Gasteiger partial charge on any atom is 0.338 e. The van der Waals surface area contributed by atoms with Crippen LogP contribution in [0, 0.1) is 0 Å². The Balaban J connectivity index is 1.84. The highest BCUT2D eigenvalue weighted by Gasteiger charge is 2.26. The average molecular weight is 290 g/mol. The van der Waals surface area contributed by atoms with E-state index in [-0.39, 0.29) is 17.8 Å². The molecule has 2 amide bonds. The molecule has 6 nitrogen and oxygen atoms in total. The van der Waals surface area contributed by atoms with Crippen molar-refractivity contribution in [2.75, 3.05) is 6.61 Å². The van der Waals surface area contributed by atoms with E-state index in [0.29, 0.717) is 31.6 Å². The lowest BCUT2D eigenvalue weighted by atomic mass is 10.1. The van der Waals surface area contributed by atoms with Crippen molar-refractivity contribution in [1.29, 1.82) is 0 Å². The molecule has 0 radical (unpaired) electrons. The van der Waals surface area contributed by atoms with Gasteiger partial charge in [0.1, 0.15) is 6.04 Å². The van der Waals surface area contributed by atoms with Crippen LogP contribution in [-0.4, -0.2) is 30.4 Å². The van der Waals surface area contributed by atoms with E-state index in [1.54, 1.807) is 31.2 Å². The largest absolute Gasteiger partial charge is 0.462 e. The van der Waals surface area contributed by atoms with Gasteiger partial charge < -0.3 is 15.4 Å². The number of esters is 1. The molecular formula is C15H18N2O4.